The van der Waals surface area contributed by atoms with Crippen molar-refractivity contribution in [2.45, 2.75) is 127 Å². The largest absolute Gasteiger partial charge is 0.480 e. The first-order chi connectivity index (χ1) is 35.8. The van der Waals surface area contributed by atoms with Gasteiger partial charge in [-0.05, 0) is 68.9 Å². The molecule has 75 heavy (non-hydrogen) atoms. The lowest BCUT2D eigenvalue weighted by Crippen LogP contribution is -2.59. The molecular weight excluding hydrogens is 975 g/mol. The van der Waals surface area contributed by atoms with Crippen molar-refractivity contribution in [2.24, 2.45) is 11.7 Å². The van der Waals surface area contributed by atoms with Crippen LogP contribution in [0.25, 0.3) is 0 Å². The summed E-state index contributed by atoms with van der Waals surface area (Å²) < 4.78 is 0. The predicted octanol–water partition coefficient (Wildman–Crippen LogP) is -2.80. The van der Waals surface area contributed by atoms with Crippen LogP contribution < -0.4 is 43.0 Å². The number of aliphatic hydroxyl groups excluding tert-OH is 1. The van der Waals surface area contributed by atoms with Crippen LogP contribution in [0.4, 0.5) is 0 Å². The van der Waals surface area contributed by atoms with Crippen LogP contribution in [0.2, 0.25) is 0 Å². The Hall–Kier alpha value is -7.47. The van der Waals surface area contributed by atoms with Gasteiger partial charge < -0.3 is 67.9 Å². The highest BCUT2D eigenvalue weighted by atomic mass is 16.4. The second-order valence-corrected chi connectivity index (χ2v) is 19.4. The third-order valence-electron chi connectivity index (χ3n) is 13.2. The fraction of sp³-hybridized carbons (Fsp3) is 0.549. The van der Waals surface area contributed by atoms with Crippen LogP contribution in [-0.2, 0) is 65.6 Å². The van der Waals surface area contributed by atoms with Gasteiger partial charge in [-0.2, -0.15) is 0 Å². The van der Waals surface area contributed by atoms with Crippen molar-refractivity contribution in [1.29, 1.82) is 0 Å². The molecule has 10 amide bonds. The zero-order chi connectivity index (χ0) is 54.8. The molecule has 0 aliphatic carbocycles. The number of nitrogens with two attached hydrogens (primary N) is 1. The average Bonchev–Trinajstić information content (AvgIpc) is 4.20. The van der Waals surface area contributed by atoms with E-state index in [0.29, 0.717) is 24.8 Å². The number of aliphatic hydroxyl groups is 1. The number of carboxylic acids is 1. The van der Waals surface area contributed by atoms with Crippen LogP contribution in [-0.4, -0.2) is 184 Å². The van der Waals surface area contributed by atoms with Gasteiger partial charge in [0.15, 0.2) is 0 Å². The van der Waals surface area contributed by atoms with Gasteiger partial charge >= 0.3 is 5.97 Å². The smallest absolute Gasteiger partial charge is 0.326 e. The fourth-order valence-corrected chi connectivity index (χ4v) is 9.49. The number of likely N-dealkylation sites (tertiary alicyclic amines) is 3. The van der Waals surface area contributed by atoms with Crippen LogP contribution in [0.15, 0.2) is 60.7 Å². The summed E-state index contributed by atoms with van der Waals surface area (Å²) in [6.45, 7) is 3.33. The number of hydrogen-bond acceptors (Lipinski definition) is 13. The molecule has 3 saturated heterocycles. The molecule has 5 rings (SSSR count). The number of hydrogen-bond donors (Lipinski definition) is 10. The molecule has 3 aliphatic heterocycles. The van der Waals surface area contributed by atoms with Crippen molar-refractivity contribution < 1.29 is 63.0 Å². The van der Waals surface area contributed by atoms with Gasteiger partial charge in [0.1, 0.15) is 42.3 Å². The summed E-state index contributed by atoms with van der Waals surface area (Å²) >= 11 is 0. The maximum atomic E-state index is 14.0. The van der Waals surface area contributed by atoms with Crippen molar-refractivity contribution in [2.75, 3.05) is 45.8 Å². The first-order valence-corrected chi connectivity index (χ1v) is 25.4. The molecule has 0 saturated carbocycles. The van der Waals surface area contributed by atoms with Crippen LogP contribution in [0.5, 0.6) is 0 Å². The van der Waals surface area contributed by atoms with Gasteiger partial charge in [-0.25, -0.2) is 4.79 Å². The van der Waals surface area contributed by atoms with Crippen molar-refractivity contribution in [3.63, 3.8) is 0 Å². The molecule has 8 atom stereocenters. The van der Waals surface area contributed by atoms with E-state index >= 15 is 0 Å². The Kier molecular flexibility index (Phi) is 22.0. The van der Waals surface area contributed by atoms with E-state index in [1.807, 2.05) is 19.9 Å². The molecule has 11 N–H and O–H groups in total. The number of amides is 10. The predicted molar refractivity (Wildman–Crippen MR) is 269 cm³/mol. The van der Waals surface area contributed by atoms with E-state index < -0.39 is 133 Å². The summed E-state index contributed by atoms with van der Waals surface area (Å²) in [6, 6.07) is 9.79. The molecule has 24 heteroatoms. The highest BCUT2D eigenvalue weighted by molar-refractivity contribution is 5.98. The zero-order valence-electron chi connectivity index (χ0n) is 42.6. The Balaban J connectivity index is 1.10. The lowest BCUT2D eigenvalue weighted by Gasteiger charge is -2.30. The molecule has 408 valence electrons. The van der Waals surface area contributed by atoms with E-state index in [-0.39, 0.29) is 70.6 Å². The van der Waals surface area contributed by atoms with Gasteiger partial charge in [-0.1, -0.05) is 74.5 Å². The fourth-order valence-electron chi connectivity index (χ4n) is 9.49. The van der Waals surface area contributed by atoms with Gasteiger partial charge in [0.2, 0.25) is 59.1 Å². The molecule has 2 aromatic carbocycles. The molecule has 0 aromatic heterocycles. The number of aliphatic carboxylic acids is 1. The van der Waals surface area contributed by atoms with Crippen LogP contribution in [0.3, 0.4) is 0 Å². The second-order valence-electron chi connectivity index (χ2n) is 19.4. The van der Waals surface area contributed by atoms with Gasteiger partial charge in [0.25, 0.3) is 0 Å². The first-order valence-electron chi connectivity index (χ1n) is 25.4. The zero-order valence-corrected chi connectivity index (χ0v) is 42.6. The topological polar surface area (TPSA) is 348 Å². The molecule has 3 heterocycles. The summed E-state index contributed by atoms with van der Waals surface area (Å²) in [6.07, 6.45) is 0.971. The number of carboxylic acid groups (broad SMARTS) is 1. The minimum absolute atomic E-state index is 0.0244. The maximum Gasteiger partial charge on any atom is 0.326 e. The Labute approximate surface area is 435 Å². The van der Waals surface area contributed by atoms with Crippen molar-refractivity contribution in [3.05, 3.63) is 71.8 Å². The van der Waals surface area contributed by atoms with E-state index in [2.05, 4.69) is 37.2 Å². The highest BCUT2D eigenvalue weighted by Gasteiger charge is 2.42. The van der Waals surface area contributed by atoms with Crippen LogP contribution in [0, 0.1) is 5.92 Å². The molecule has 3 fully saturated rings. The maximum absolute atomic E-state index is 14.0. The van der Waals surface area contributed by atoms with Crippen LogP contribution in [0.1, 0.15) is 76.8 Å². The molecule has 0 bridgehead atoms. The third kappa shape index (κ3) is 17.0. The molecular formula is C51H71N11O13. The van der Waals surface area contributed by atoms with Gasteiger partial charge in [-0.3, -0.25) is 47.9 Å². The number of carbonyl (C=O) groups excluding carboxylic acids is 10. The lowest BCUT2D eigenvalue weighted by atomic mass is 10.0. The Bertz CT molecular complexity index is 2370. The number of benzene rings is 2. The van der Waals surface area contributed by atoms with Gasteiger partial charge in [-0.15, -0.1) is 0 Å². The van der Waals surface area contributed by atoms with E-state index in [4.69, 9.17) is 5.73 Å². The Morgan fingerprint density at radius 1 is 0.533 bits per heavy atom. The Morgan fingerprint density at radius 2 is 0.907 bits per heavy atom. The number of rotatable bonds is 25. The number of carbonyl (C=O) groups is 11. The number of nitrogens with zero attached hydrogens (tertiary/aromatic N) is 3. The van der Waals surface area contributed by atoms with E-state index in [1.165, 1.54) is 21.6 Å². The van der Waals surface area contributed by atoms with Gasteiger partial charge in [0, 0.05) is 32.5 Å². The summed E-state index contributed by atoms with van der Waals surface area (Å²) in [7, 11) is 0. The normalized spacial score (nSPS) is 19.2. The highest BCUT2D eigenvalue weighted by Crippen LogP contribution is 2.23. The molecule has 0 unspecified atom stereocenters. The second kappa shape index (κ2) is 28.3. The first kappa shape index (κ1) is 58.4. The van der Waals surface area contributed by atoms with E-state index in [0.717, 1.165) is 5.56 Å². The molecule has 0 radical (unpaired) electrons. The average molecular weight is 1050 g/mol. The minimum atomic E-state index is -1.54. The molecule has 3 aliphatic rings. The summed E-state index contributed by atoms with van der Waals surface area (Å²) in [5, 5.41) is 38.0. The monoisotopic (exact) mass is 1050 g/mol. The van der Waals surface area contributed by atoms with Crippen LogP contribution >= 0.6 is 0 Å². The standard InChI is InChI=1S/C51H71N11O13/c1-30(2)23-34(48(71)60-20-10-17-37(60)45(68)54-28-42(66)58-36(51(74)75)25-33-15-8-5-9-16-33)57-41(65)27-53-47(70)39-19-12-22-62(39)50(73)44(31(3)63)59-43(67)29-55-46(69)38-18-11-21-61(38)49(72)35(56-40(64)26-52)24-32-13-6-4-7-14-32/h4-9,13-16,30-31,34-39,44,63H,10-12,17-29,52H2,1-3H3,(H,53,70)(H,54,68)(H,55,69)(H,56,64)(H,57,65)(H,58,66)(H,59,67)(H,74,75)/t31-,34+,35+,36+,37+,38+,39+,44+/m1/s1. The number of nitrogens with one attached hydrogen (secondary N) is 7. The minimum Gasteiger partial charge on any atom is -0.480 e. The summed E-state index contributed by atoms with van der Waals surface area (Å²) in [5.41, 5.74) is 6.97. The van der Waals surface area contributed by atoms with E-state index in [1.54, 1.807) is 54.6 Å². The van der Waals surface area contributed by atoms with Crippen molar-refractivity contribution >= 4 is 65.0 Å². The van der Waals surface area contributed by atoms with Crippen molar-refractivity contribution in [1.82, 2.24) is 51.9 Å². The molecule has 24 nitrogen and oxygen atoms in total. The molecule has 0 spiro atoms. The van der Waals surface area contributed by atoms with Crippen molar-refractivity contribution in [3.8, 4) is 0 Å². The third-order valence-corrected chi connectivity index (χ3v) is 13.2. The molecule has 2 aromatic rings. The summed E-state index contributed by atoms with van der Waals surface area (Å²) in [4.78, 5) is 149. The SMILES string of the molecule is CC(C)C[C@H](NC(=O)CNC(=O)[C@@H]1CCCN1C(=O)[C@@H](NC(=O)CNC(=O)[C@@H]1CCCN1C(=O)[C@H](Cc1ccccc1)NC(=O)CN)[C@@H](C)O)C(=O)N1CCC[C@H]1C(=O)NCC(=O)N[C@@H](Cc1ccccc1)C(=O)O. The van der Waals surface area contributed by atoms with Gasteiger partial charge in [0.05, 0.1) is 32.3 Å². The van der Waals surface area contributed by atoms with E-state index in [9.17, 15) is 63.0 Å². The summed E-state index contributed by atoms with van der Waals surface area (Å²) in [5.74, 6) is -8.02. The Morgan fingerprint density at radius 3 is 1.31 bits per heavy atom. The quantitative estimate of drug-likeness (QED) is 0.0481. The lowest BCUT2D eigenvalue weighted by molar-refractivity contribution is -0.144.